The molecule has 0 saturated heterocycles. The summed E-state index contributed by atoms with van der Waals surface area (Å²) in [7, 11) is -4.19. The van der Waals surface area contributed by atoms with E-state index >= 15 is 0 Å². The van der Waals surface area contributed by atoms with E-state index in [0.717, 1.165) is 0 Å². The van der Waals surface area contributed by atoms with Crippen molar-refractivity contribution in [1.29, 1.82) is 0 Å². The predicted octanol–water partition coefficient (Wildman–Crippen LogP) is -1.42. The molecule has 5 nitrogen and oxygen atoms in total. The highest BCUT2D eigenvalue weighted by atomic mass is 32.2. The Morgan fingerprint density at radius 3 is 2.00 bits per heavy atom. The van der Waals surface area contributed by atoms with Crippen molar-refractivity contribution >= 4 is 10.1 Å². The van der Waals surface area contributed by atoms with E-state index in [0.29, 0.717) is 0 Å². The second-order valence-corrected chi connectivity index (χ2v) is 3.67. The van der Waals surface area contributed by atoms with E-state index in [1.165, 1.54) is 6.92 Å². The van der Waals surface area contributed by atoms with Crippen molar-refractivity contribution in [1.82, 2.24) is 0 Å². The zero-order chi connectivity index (χ0) is 8.36. The first-order valence-electron chi connectivity index (χ1n) is 2.74. The van der Waals surface area contributed by atoms with Gasteiger partial charge in [0.1, 0.15) is 5.25 Å². The molecule has 0 aliphatic carbocycles. The molecule has 0 aromatic heterocycles. The smallest absolute Gasteiger partial charge is 0.271 e. The molecule has 62 valence electrons. The van der Waals surface area contributed by atoms with Crippen LogP contribution >= 0.6 is 0 Å². The Bertz CT molecular complexity index is 185. The van der Waals surface area contributed by atoms with E-state index in [4.69, 9.17) is 15.4 Å². The molecule has 4 N–H and O–H groups in total. The van der Waals surface area contributed by atoms with Crippen LogP contribution in [-0.2, 0) is 10.1 Å². The fourth-order valence-corrected chi connectivity index (χ4v) is 1.31. The van der Waals surface area contributed by atoms with Crippen LogP contribution in [0.2, 0.25) is 0 Å². The van der Waals surface area contributed by atoms with Gasteiger partial charge in [-0.3, -0.25) is 4.55 Å². The molecule has 2 atom stereocenters. The van der Waals surface area contributed by atoms with Crippen LogP contribution in [0.3, 0.4) is 0 Å². The Morgan fingerprint density at radius 2 is 2.00 bits per heavy atom. The maximum Gasteiger partial charge on any atom is 0.271 e. The summed E-state index contributed by atoms with van der Waals surface area (Å²) in [5.74, 6) is 0. The molecule has 10 heavy (non-hydrogen) atoms. The van der Waals surface area contributed by atoms with Crippen LogP contribution in [0.15, 0.2) is 0 Å². The SMILES string of the molecule is CC(O)C(CN)S(=O)(=O)O. The van der Waals surface area contributed by atoms with E-state index in [9.17, 15) is 8.42 Å². The van der Waals surface area contributed by atoms with Crippen molar-refractivity contribution < 1.29 is 18.1 Å². The van der Waals surface area contributed by atoms with Crippen molar-refractivity contribution in [2.75, 3.05) is 6.54 Å². The van der Waals surface area contributed by atoms with E-state index in [-0.39, 0.29) is 6.54 Å². The van der Waals surface area contributed by atoms with Crippen LogP contribution in [0, 0.1) is 0 Å². The van der Waals surface area contributed by atoms with Crippen LogP contribution in [0.5, 0.6) is 0 Å². The predicted molar refractivity (Wildman–Crippen MR) is 36.1 cm³/mol. The average Bonchev–Trinajstić information content (AvgIpc) is 1.60. The number of hydrogen-bond donors (Lipinski definition) is 3. The molecule has 0 aromatic carbocycles. The van der Waals surface area contributed by atoms with Crippen LogP contribution in [0.1, 0.15) is 6.92 Å². The molecule has 0 rings (SSSR count). The van der Waals surface area contributed by atoms with Crippen molar-refractivity contribution in [2.45, 2.75) is 18.3 Å². The van der Waals surface area contributed by atoms with Gasteiger partial charge in [-0.15, -0.1) is 0 Å². The molecule has 6 heteroatoms. The highest BCUT2D eigenvalue weighted by molar-refractivity contribution is 7.86. The first-order valence-corrected chi connectivity index (χ1v) is 4.24. The lowest BCUT2D eigenvalue weighted by Crippen LogP contribution is -2.38. The maximum absolute atomic E-state index is 10.3. The normalized spacial score (nSPS) is 18.4. The molecule has 0 aliphatic heterocycles. The van der Waals surface area contributed by atoms with Crippen LogP contribution in [0.25, 0.3) is 0 Å². The minimum atomic E-state index is -4.19. The molecule has 0 fully saturated rings. The summed E-state index contributed by atoms with van der Waals surface area (Å²) in [5.41, 5.74) is 4.96. The van der Waals surface area contributed by atoms with Crippen LogP contribution in [0.4, 0.5) is 0 Å². The second-order valence-electron chi connectivity index (χ2n) is 2.03. The van der Waals surface area contributed by atoms with Crippen molar-refractivity contribution in [3.8, 4) is 0 Å². The molecule has 0 amide bonds. The van der Waals surface area contributed by atoms with E-state index in [1.54, 1.807) is 0 Å². The third-order valence-corrected chi connectivity index (χ3v) is 2.50. The molecule has 0 radical (unpaired) electrons. The van der Waals surface area contributed by atoms with Crippen molar-refractivity contribution in [2.24, 2.45) is 5.73 Å². The zero-order valence-electron chi connectivity index (χ0n) is 5.56. The Hall–Kier alpha value is -0.170. The molecular weight excluding hydrogens is 158 g/mol. The van der Waals surface area contributed by atoms with Gasteiger partial charge < -0.3 is 10.8 Å². The van der Waals surface area contributed by atoms with Crippen LogP contribution in [-0.4, -0.2) is 36.0 Å². The zero-order valence-corrected chi connectivity index (χ0v) is 6.37. The minimum Gasteiger partial charge on any atom is -0.392 e. The van der Waals surface area contributed by atoms with Gasteiger partial charge in [-0.1, -0.05) is 0 Å². The fourth-order valence-electron chi connectivity index (χ4n) is 0.567. The van der Waals surface area contributed by atoms with Gasteiger partial charge in [0, 0.05) is 6.54 Å². The van der Waals surface area contributed by atoms with Gasteiger partial charge >= 0.3 is 0 Å². The molecule has 0 heterocycles. The highest BCUT2D eigenvalue weighted by Gasteiger charge is 2.25. The van der Waals surface area contributed by atoms with E-state index < -0.39 is 21.5 Å². The van der Waals surface area contributed by atoms with E-state index in [2.05, 4.69) is 0 Å². The second kappa shape index (κ2) is 3.29. The topological polar surface area (TPSA) is 101 Å². The third-order valence-electron chi connectivity index (χ3n) is 1.15. The van der Waals surface area contributed by atoms with Gasteiger partial charge in [-0.2, -0.15) is 8.42 Å². The standard InChI is InChI=1S/C4H11NO4S/c1-3(6)4(2-5)10(7,8)9/h3-4,6H,2,5H2,1H3,(H,7,8,9). The first-order chi connectivity index (χ1) is 4.39. The molecule has 0 spiro atoms. The lowest BCUT2D eigenvalue weighted by molar-refractivity contribution is 0.186. The highest BCUT2D eigenvalue weighted by Crippen LogP contribution is 2.01. The summed E-state index contributed by atoms with van der Waals surface area (Å²) in [5, 5.41) is 7.46. The van der Waals surface area contributed by atoms with Gasteiger partial charge in [-0.05, 0) is 6.92 Å². The molecule has 0 aliphatic rings. The van der Waals surface area contributed by atoms with Crippen molar-refractivity contribution in [3.63, 3.8) is 0 Å². The molecule has 0 saturated carbocycles. The van der Waals surface area contributed by atoms with E-state index in [1.807, 2.05) is 0 Å². The molecule has 0 aromatic rings. The lowest BCUT2D eigenvalue weighted by Gasteiger charge is -2.13. The molecule has 2 unspecified atom stereocenters. The van der Waals surface area contributed by atoms with Crippen LogP contribution < -0.4 is 5.73 Å². The molecular formula is C4H11NO4S. The van der Waals surface area contributed by atoms with Gasteiger partial charge in [-0.25, -0.2) is 0 Å². The Labute approximate surface area is 59.6 Å². The summed E-state index contributed by atoms with van der Waals surface area (Å²) in [6, 6.07) is 0. The Kier molecular flexibility index (Phi) is 3.23. The Morgan fingerprint density at radius 1 is 1.60 bits per heavy atom. The van der Waals surface area contributed by atoms with Gasteiger partial charge in [0.2, 0.25) is 0 Å². The Balaban J connectivity index is 4.38. The number of rotatable bonds is 3. The fraction of sp³-hybridized carbons (Fsp3) is 1.00. The van der Waals surface area contributed by atoms with Crippen molar-refractivity contribution in [3.05, 3.63) is 0 Å². The number of nitrogens with two attached hydrogens (primary N) is 1. The summed E-state index contributed by atoms with van der Waals surface area (Å²) >= 11 is 0. The monoisotopic (exact) mass is 169 g/mol. The van der Waals surface area contributed by atoms with Gasteiger partial charge in [0.15, 0.2) is 0 Å². The first kappa shape index (κ1) is 9.83. The third kappa shape index (κ3) is 2.61. The minimum absolute atomic E-state index is 0.281. The quantitative estimate of drug-likeness (QED) is 0.450. The summed E-state index contributed by atoms with van der Waals surface area (Å²) in [6.45, 7) is 0.974. The largest absolute Gasteiger partial charge is 0.392 e. The summed E-state index contributed by atoms with van der Waals surface area (Å²) in [6.07, 6.45) is -1.14. The van der Waals surface area contributed by atoms with Gasteiger partial charge in [0.05, 0.1) is 6.10 Å². The molecule has 0 bridgehead atoms. The lowest BCUT2D eigenvalue weighted by atomic mass is 10.3. The summed E-state index contributed by atoms with van der Waals surface area (Å²) < 4.78 is 29.0. The summed E-state index contributed by atoms with van der Waals surface area (Å²) in [4.78, 5) is 0. The van der Waals surface area contributed by atoms with Gasteiger partial charge in [0.25, 0.3) is 10.1 Å². The number of hydrogen-bond acceptors (Lipinski definition) is 4. The maximum atomic E-state index is 10.3. The average molecular weight is 169 g/mol. The number of aliphatic hydroxyl groups is 1. The number of aliphatic hydroxyl groups excluding tert-OH is 1.